The summed E-state index contributed by atoms with van der Waals surface area (Å²) in [6.45, 7) is 11.9. The van der Waals surface area contributed by atoms with Crippen LogP contribution in [0.2, 0.25) is 0 Å². The molecule has 0 aliphatic rings. The van der Waals surface area contributed by atoms with Gasteiger partial charge in [0.15, 0.2) is 5.78 Å². The lowest BCUT2D eigenvalue weighted by atomic mass is 9.96. The molecule has 3 aromatic carbocycles. The van der Waals surface area contributed by atoms with Gasteiger partial charge < -0.3 is 14.1 Å². The smallest absolute Gasteiger partial charge is 0.197 e. The number of ether oxygens (including phenoxy) is 1. The first-order valence-electron chi connectivity index (χ1n) is 11.6. The number of hydrogen-bond acceptors (Lipinski definition) is 4. The molecule has 4 rings (SSSR count). The highest BCUT2D eigenvalue weighted by Crippen LogP contribution is 2.36. The standard InChI is InChI=1S/C29H31NO3/c1-5-30(6-2)15-16-32-24-13-11-22(12-14-24)28(31)27-25-9-7-8-10-26(25)33-29(27)23-18-20(3)17-21(4)19-23/h7-14,17-19H,5-6,15-16H2,1-4H3. The average Bonchev–Trinajstić information content (AvgIpc) is 3.21. The van der Waals surface area contributed by atoms with Crippen molar-refractivity contribution in [3.63, 3.8) is 0 Å². The molecular formula is C29H31NO3. The van der Waals surface area contributed by atoms with Gasteiger partial charge in [0.2, 0.25) is 0 Å². The second-order valence-electron chi connectivity index (χ2n) is 8.41. The Hall–Kier alpha value is -3.37. The Kier molecular flexibility index (Phi) is 6.95. The number of ketones is 1. The van der Waals surface area contributed by atoms with E-state index >= 15 is 0 Å². The van der Waals surface area contributed by atoms with Crippen molar-refractivity contribution < 1.29 is 13.9 Å². The van der Waals surface area contributed by atoms with Crippen LogP contribution in [0.1, 0.15) is 40.9 Å². The third-order valence-electron chi connectivity index (χ3n) is 5.99. The maximum Gasteiger partial charge on any atom is 0.197 e. The van der Waals surface area contributed by atoms with E-state index in [0.29, 0.717) is 29.1 Å². The highest BCUT2D eigenvalue weighted by Gasteiger charge is 2.23. The van der Waals surface area contributed by atoms with Crippen LogP contribution in [0.15, 0.2) is 71.1 Å². The summed E-state index contributed by atoms with van der Waals surface area (Å²) in [7, 11) is 0. The molecule has 1 aromatic heterocycles. The SMILES string of the molecule is CCN(CC)CCOc1ccc(C(=O)c2c(-c3cc(C)cc(C)c3)oc3ccccc23)cc1. The Morgan fingerprint density at radius 3 is 2.24 bits per heavy atom. The summed E-state index contributed by atoms with van der Waals surface area (Å²) in [5.74, 6) is 1.33. The lowest BCUT2D eigenvalue weighted by molar-refractivity contribution is 0.104. The van der Waals surface area contributed by atoms with Gasteiger partial charge in [-0.05, 0) is 69.4 Å². The van der Waals surface area contributed by atoms with E-state index in [1.54, 1.807) is 0 Å². The molecule has 0 bridgehead atoms. The van der Waals surface area contributed by atoms with Gasteiger partial charge >= 0.3 is 0 Å². The molecular weight excluding hydrogens is 410 g/mol. The number of nitrogens with zero attached hydrogens (tertiary/aromatic N) is 1. The van der Waals surface area contributed by atoms with Crippen molar-refractivity contribution >= 4 is 16.8 Å². The zero-order valence-corrected chi connectivity index (χ0v) is 19.9. The van der Waals surface area contributed by atoms with E-state index in [1.165, 1.54) is 0 Å². The van der Waals surface area contributed by atoms with Crippen molar-refractivity contribution in [2.45, 2.75) is 27.7 Å². The van der Waals surface area contributed by atoms with Crippen molar-refractivity contribution in [3.05, 3.63) is 89.0 Å². The van der Waals surface area contributed by atoms with E-state index in [1.807, 2.05) is 48.5 Å². The summed E-state index contributed by atoms with van der Waals surface area (Å²) in [5, 5.41) is 0.830. The maximum atomic E-state index is 13.7. The van der Waals surface area contributed by atoms with E-state index in [0.717, 1.165) is 47.5 Å². The highest BCUT2D eigenvalue weighted by atomic mass is 16.5. The molecule has 0 atom stereocenters. The van der Waals surface area contributed by atoms with E-state index in [-0.39, 0.29) is 5.78 Å². The molecule has 0 amide bonds. The molecule has 0 aliphatic heterocycles. The van der Waals surface area contributed by atoms with Gasteiger partial charge in [-0.15, -0.1) is 0 Å². The fourth-order valence-electron chi connectivity index (χ4n) is 4.26. The van der Waals surface area contributed by atoms with E-state index in [2.05, 4.69) is 50.8 Å². The molecule has 0 fully saturated rings. The van der Waals surface area contributed by atoms with Gasteiger partial charge in [-0.1, -0.05) is 49.2 Å². The predicted octanol–water partition coefficient (Wildman–Crippen LogP) is 6.67. The van der Waals surface area contributed by atoms with Crippen molar-refractivity contribution in [2.75, 3.05) is 26.2 Å². The second kappa shape index (κ2) is 10.1. The minimum atomic E-state index is -0.0520. The third-order valence-corrected chi connectivity index (χ3v) is 5.99. The topological polar surface area (TPSA) is 42.7 Å². The number of para-hydroxylation sites is 1. The Morgan fingerprint density at radius 1 is 0.909 bits per heavy atom. The molecule has 1 heterocycles. The summed E-state index contributed by atoms with van der Waals surface area (Å²) in [6.07, 6.45) is 0. The second-order valence-corrected chi connectivity index (χ2v) is 8.41. The van der Waals surface area contributed by atoms with Crippen LogP contribution in [-0.2, 0) is 0 Å². The summed E-state index contributed by atoms with van der Waals surface area (Å²) < 4.78 is 12.1. The molecule has 0 N–H and O–H groups in total. The molecule has 0 spiro atoms. The molecule has 4 heteroatoms. The number of carbonyl (C=O) groups is 1. The number of furan rings is 1. The number of hydrogen-bond donors (Lipinski definition) is 0. The van der Waals surface area contributed by atoms with Gasteiger partial charge in [0.1, 0.15) is 23.7 Å². The first-order chi connectivity index (χ1) is 16.0. The summed E-state index contributed by atoms with van der Waals surface area (Å²) in [6, 6.07) is 21.4. The van der Waals surface area contributed by atoms with Gasteiger partial charge in [0.25, 0.3) is 0 Å². The van der Waals surface area contributed by atoms with Crippen LogP contribution < -0.4 is 4.74 Å². The van der Waals surface area contributed by atoms with Crippen LogP contribution in [-0.4, -0.2) is 36.9 Å². The lowest BCUT2D eigenvalue weighted by Gasteiger charge is -2.18. The van der Waals surface area contributed by atoms with Crippen LogP contribution in [0.3, 0.4) is 0 Å². The van der Waals surface area contributed by atoms with Gasteiger partial charge in [-0.3, -0.25) is 4.79 Å². The van der Waals surface area contributed by atoms with Gasteiger partial charge in [0, 0.05) is 23.1 Å². The Labute approximate surface area is 195 Å². The van der Waals surface area contributed by atoms with Crippen LogP contribution in [0, 0.1) is 13.8 Å². The number of benzene rings is 3. The largest absolute Gasteiger partial charge is 0.492 e. The Morgan fingerprint density at radius 2 is 1.58 bits per heavy atom. The maximum absolute atomic E-state index is 13.7. The first-order valence-corrected chi connectivity index (χ1v) is 11.6. The molecule has 33 heavy (non-hydrogen) atoms. The number of rotatable bonds is 9. The van der Waals surface area contributed by atoms with Crippen molar-refractivity contribution in [1.29, 1.82) is 0 Å². The van der Waals surface area contributed by atoms with E-state index < -0.39 is 0 Å². The third kappa shape index (κ3) is 5.01. The van der Waals surface area contributed by atoms with Crippen LogP contribution in [0.25, 0.3) is 22.3 Å². The van der Waals surface area contributed by atoms with Crippen LogP contribution in [0.4, 0.5) is 0 Å². The average molecular weight is 442 g/mol. The predicted molar refractivity (Wildman–Crippen MR) is 134 cm³/mol. The zero-order valence-electron chi connectivity index (χ0n) is 19.9. The van der Waals surface area contributed by atoms with Crippen LogP contribution in [0.5, 0.6) is 5.75 Å². The monoisotopic (exact) mass is 441 g/mol. The number of aryl methyl sites for hydroxylation is 2. The lowest BCUT2D eigenvalue weighted by Crippen LogP contribution is -2.27. The summed E-state index contributed by atoms with van der Waals surface area (Å²) >= 11 is 0. The molecule has 4 aromatic rings. The molecule has 0 unspecified atom stereocenters. The fourth-order valence-corrected chi connectivity index (χ4v) is 4.26. The van der Waals surface area contributed by atoms with Crippen molar-refractivity contribution in [3.8, 4) is 17.1 Å². The Balaban J connectivity index is 1.64. The number of fused-ring (bicyclic) bond motifs is 1. The van der Waals surface area contributed by atoms with Gasteiger partial charge in [0.05, 0.1) is 5.56 Å². The molecule has 4 nitrogen and oxygen atoms in total. The summed E-state index contributed by atoms with van der Waals surface area (Å²) in [5.41, 5.74) is 5.12. The molecule has 0 aliphatic carbocycles. The van der Waals surface area contributed by atoms with Gasteiger partial charge in [-0.2, -0.15) is 0 Å². The number of likely N-dealkylation sites (N-methyl/N-ethyl adjacent to an activating group) is 1. The minimum Gasteiger partial charge on any atom is -0.492 e. The first kappa shape index (κ1) is 22.8. The normalized spacial score (nSPS) is 11.3. The Bertz CT molecular complexity index is 1230. The molecule has 0 saturated carbocycles. The summed E-state index contributed by atoms with van der Waals surface area (Å²) in [4.78, 5) is 16.0. The minimum absolute atomic E-state index is 0.0520. The van der Waals surface area contributed by atoms with Crippen LogP contribution >= 0.6 is 0 Å². The van der Waals surface area contributed by atoms with Gasteiger partial charge in [-0.25, -0.2) is 0 Å². The number of carbonyl (C=O) groups excluding carboxylic acids is 1. The zero-order chi connectivity index (χ0) is 23.4. The highest BCUT2D eigenvalue weighted by molar-refractivity contribution is 6.19. The van der Waals surface area contributed by atoms with Crippen molar-refractivity contribution in [2.24, 2.45) is 0 Å². The quantitative estimate of drug-likeness (QED) is 0.272. The molecule has 0 radical (unpaired) electrons. The van der Waals surface area contributed by atoms with E-state index in [4.69, 9.17) is 9.15 Å². The van der Waals surface area contributed by atoms with Crippen molar-refractivity contribution in [1.82, 2.24) is 4.90 Å². The molecule has 170 valence electrons. The fraction of sp³-hybridized carbons (Fsp3) is 0.276. The van der Waals surface area contributed by atoms with E-state index in [9.17, 15) is 4.79 Å². The molecule has 0 saturated heterocycles.